The zero-order chi connectivity index (χ0) is 14.0. The first-order chi connectivity index (χ1) is 9.67. The number of sulfone groups is 1. The van der Waals surface area contributed by atoms with Crippen molar-refractivity contribution in [2.24, 2.45) is 0 Å². The summed E-state index contributed by atoms with van der Waals surface area (Å²) >= 11 is 0. The molecule has 1 fully saturated rings. The van der Waals surface area contributed by atoms with Crippen molar-refractivity contribution >= 4 is 15.6 Å². The fraction of sp³-hybridized carbons (Fsp3) is 0.467. The molecule has 1 aromatic carbocycles. The van der Waals surface area contributed by atoms with E-state index in [0.717, 1.165) is 19.6 Å². The maximum atomic E-state index is 12.0. The van der Waals surface area contributed by atoms with Crippen LogP contribution in [0.5, 0.6) is 0 Å². The Bertz CT molecular complexity index is 616. The van der Waals surface area contributed by atoms with Crippen molar-refractivity contribution in [2.75, 3.05) is 26.2 Å². The third kappa shape index (κ3) is 2.74. The minimum atomic E-state index is -3.31. The molecule has 2 aliphatic rings. The molecule has 0 saturated carbocycles. The third-order valence-electron chi connectivity index (χ3n) is 3.83. The summed E-state index contributed by atoms with van der Waals surface area (Å²) in [5.74, 6) is 0.484. The number of rotatable bonds is 4. The van der Waals surface area contributed by atoms with Crippen LogP contribution in [0.2, 0.25) is 0 Å². The lowest BCUT2D eigenvalue weighted by molar-refractivity contribution is 0.170. The Morgan fingerprint density at radius 3 is 2.65 bits per heavy atom. The molecule has 5 heteroatoms. The van der Waals surface area contributed by atoms with E-state index in [-0.39, 0.29) is 0 Å². The first kappa shape index (κ1) is 13.6. The number of likely N-dealkylation sites (tertiary alicyclic amines) is 1. The van der Waals surface area contributed by atoms with Gasteiger partial charge in [-0.15, -0.1) is 0 Å². The van der Waals surface area contributed by atoms with E-state index in [1.165, 1.54) is 24.7 Å². The lowest BCUT2D eigenvalue weighted by Gasteiger charge is -2.26. The van der Waals surface area contributed by atoms with Gasteiger partial charge in [0.05, 0.1) is 10.3 Å². The summed E-state index contributed by atoms with van der Waals surface area (Å²) in [7, 11) is -3.31. The van der Waals surface area contributed by atoms with Crippen LogP contribution in [0.1, 0.15) is 24.8 Å². The van der Waals surface area contributed by atoms with Crippen molar-refractivity contribution in [1.29, 1.82) is 0 Å². The second kappa shape index (κ2) is 5.58. The molecule has 0 unspecified atom stereocenters. The van der Waals surface area contributed by atoms with Crippen molar-refractivity contribution in [2.45, 2.75) is 24.2 Å². The molecule has 108 valence electrons. The number of nitrogens with zero attached hydrogens (tertiary/aromatic N) is 1. The second-order valence-electron chi connectivity index (χ2n) is 5.27. The van der Waals surface area contributed by atoms with Gasteiger partial charge in [0.15, 0.2) is 0 Å². The van der Waals surface area contributed by atoms with Gasteiger partial charge in [-0.25, -0.2) is 8.42 Å². The molecule has 1 saturated heterocycles. The van der Waals surface area contributed by atoms with Gasteiger partial charge < -0.3 is 4.74 Å². The first-order valence-corrected chi connectivity index (χ1v) is 8.63. The topological polar surface area (TPSA) is 46.6 Å². The van der Waals surface area contributed by atoms with E-state index in [1.807, 2.05) is 6.07 Å². The summed E-state index contributed by atoms with van der Waals surface area (Å²) in [6.45, 7) is 3.64. The van der Waals surface area contributed by atoms with E-state index in [0.29, 0.717) is 22.8 Å². The summed E-state index contributed by atoms with van der Waals surface area (Å²) in [6, 6.07) is 7.00. The van der Waals surface area contributed by atoms with Crippen LogP contribution in [0.25, 0.3) is 5.76 Å². The van der Waals surface area contributed by atoms with Gasteiger partial charge >= 0.3 is 0 Å². The molecule has 1 aromatic rings. The van der Waals surface area contributed by atoms with E-state index in [2.05, 4.69) is 4.90 Å². The molecule has 0 atom stereocenters. The number of piperidine rings is 1. The Balaban J connectivity index is 1.64. The van der Waals surface area contributed by atoms with Crippen LogP contribution in [0.4, 0.5) is 0 Å². The minimum Gasteiger partial charge on any atom is -0.491 e. The lowest BCUT2D eigenvalue weighted by Crippen LogP contribution is -2.32. The monoisotopic (exact) mass is 293 g/mol. The summed E-state index contributed by atoms with van der Waals surface area (Å²) in [5, 5.41) is 1.24. The molecule has 0 radical (unpaired) electrons. The maximum absolute atomic E-state index is 12.0. The summed E-state index contributed by atoms with van der Waals surface area (Å²) in [6.07, 6.45) is 3.81. The van der Waals surface area contributed by atoms with Gasteiger partial charge in [0.1, 0.15) is 12.4 Å². The van der Waals surface area contributed by atoms with Gasteiger partial charge in [-0.05, 0) is 38.1 Å². The predicted octanol–water partition coefficient (Wildman–Crippen LogP) is 2.27. The zero-order valence-corrected chi connectivity index (χ0v) is 12.2. The van der Waals surface area contributed by atoms with Crippen molar-refractivity contribution in [3.8, 4) is 0 Å². The number of hydrogen-bond acceptors (Lipinski definition) is 4. The van der Waals surface area contributed by atoms with Gasteiger partial charge in [0, 0.05) is 12.1 Å². The molecule has 0 spiro atoms. The van der Waals surface area contributed by atoms with Crippen molar-refractivity contribution < 1.29 is 13.2 Å². The normalized spacial score (nSPS) is 21.3. The van der Waals surface area contributed by atoms with Gasteiger partial charge in [0.2, 0.25) is 9.84 Å². The van der Waals surface area contributed by atoms with E-state index >= 15 is 0 Å². The highest BCUT2D eigenvalue weighted by Crippen LogP contribution is 2.33. The molecule has 4 nitrogen and oxygen atoms in total. The second-order valence-corrected chi connectivity index (χ2v) is 7.04. The summed E-state index contributed by atoms with van der Waals surface area (Å²) < 4.78 is 29.6. The fourth-order valence-corrected chi connectivity index (χ4v) is 4.11. The van der Waals surface area contributed by atoms with E-state index in [1.54, 1.807) is 18.2 Å². The smallest absolute Gasteiger partial charge is 0.204 e. The molecule has 0 aliphatic carbocycles. The zero-order valence-electron chi connectivity index (χ0n) is 11.4. The van der Waals surface area contributed by atoms with Gasteiger partial charge in [-0.2, -0.15) is 0 Å². The van der Waals surface area contributed by atoms with Crippen LogP contribution in [-0.2, 0) is 14.6 Å². The summed E-state index contributed by atoms with van der Waals surface area (Å²) in [4.78, 5) is 2.73. The quantitative estimate of drug-likeness (QED) is 0.854. The molecule has 3 rings (SSSR count). The predicted molar refractivity (Wildman–Crippen MR) is 77.8 cm³/mol. The number of hydrogen-bond donors (Lipinski definition) is 0. The number of ether oxygens (including phenoxy) is 1. The van der Waals surface area contributed by atoms with Crippen LogP contribution in [-0.4, -0.2) is 39.6 Å². The van der Waals surface area contributed by atoms with Crippen LogP contribution in [0.15, 0.2) is 34.6 Å². The first-order valence-electron chi connectivity index (χ1n) is 7.08. The van der Waals surface area contributed by atoms with E-state index in [9.17, 15) is 8.42 Å². The van der Waals surface area contributed by atoms with Crippen LogP contribution in [0, 0.1) is 0 Å². The molecular formula is C15H19NO3S. The standard InChI is InChI=1S/C15H19NO3S/c17-20(18)12-14(13-6-2-3-7-15(13)20)19-11-10-16-8-4-1-5-9-16/h2-3,6-7,12H,1,4-5,8-11H2. The number of benzene rings is 1. The van der Waals surface area contributed by atoms with Crippen LogP contribution < -0.4 is 0 Å². The molecule has 2 aliphatic heterocycles. The number of fused-ring (bicyclic) bond motifs is 1. The van der Waals surface area contributed by atoms with Crippen molar-refractivity contribution in [3.63, 3.8) is 0 Å². The van der Waals surface area contributed by atoms with E-state index < -0.39 is 9.84 Å². The largest absolute Gasteiger partial charge is 0.491 e. The summed E-state index contributed by atoms with van der Waals surface area (Å²) in [5.41, 5.74) is 0.686. The average molecular weight is 293 g/mol. The molecule has 20 heavy (non-hydrogen) atoms. The van der Waals surface area contributed by atoms with Crippen LogP contribution >= 0.6 is 0 Å². The highest BCUT2D eigenvalue weighted by atomic mass is 32.2. The fourth-order valence-electron chi connectivity index (χ4n) is 2.77. The lowest BCUT2D eigenvalue weighted by atomic mass is 10.1. The average Bonchev–Trinajstić information content (AvgIpc) is 2.72. The van der Waals surface area contributed by atoms with Crippen molar-refractivity contribution in [3.05, 3.63) is 35.2 Å². The SMILES string of the molecule is O=S1(=O)C=C(OCCN2CCCCC2)c2ccccc21. The molecule has 2 heterocycles. The van der Waals surface area contributed by atoms with Gasteiger partial charge in [-0.3, -0.25) is 4.90 Å². The highest BCUT2D eigenvalue weighted by molar-refractivity contribution is 7.94. The van der Waals surface area contributed by atoms with Crippen LogP contribution in [0.3, 0.4) is 0 Å². The Labute approximate surface area is 120 Å². The molecule has 0 aromatic heterocycles. The maximum Gasteiger partial charge on any atom is 0.204 e. The van der Waals surface area contributed by atoms with Gasteiger partial charge in [-0.1, -0.05) is 18.6 Å². The van der Waals surface area contributed by atoms with Crippen molar-refractivity contribution in [1.82, 2.24) is 4.90 Å². The third-order valence-corrected chi connectivity index (χ3v) is 5.33. The Hall–Kier alpha value is -1.33. The van der Waals surface area contributed by atoms with Gasteiger partial charge in [0.25, 0.3) is 0 Å². The Morgan fingerprint density at radius 1 is 1.10 bits per heavy atom. The molecule has 0 N–H and O–H groups in total. The Morgan fingerprint density at radius 2 is 1.85 bits per heavy atom. The molecular weight excluding hydrogens is 274 g/mol. The minimum absolute atomic E-state index is 0.355. The molecule has 0 amide bonds. The van der Waals surface area contributed by atoms with E-state index in [4.69, 9.17) is 4.74 Å². The molecule has 0 bridgehead atoms. The highest BCUT2D eigenvalue weighted by Gasteiger charge is 2.27. The Kier molecular flexibility index (Phi) is 3.81.